The standard InChI is InChI=1S/C30H41N5O5/c1-5-21-13-14-22-18-31-24(17-23(22)16-21)10-7-6-8-12-26(36)33-27(19(2)3)28(37)32-20(4)29(38)35-15-9-11-25(34-35)30(39)40/h7,10,13-14,16-20,25,27,34H,5-6,8-9,11-12,15H2,1-4H3,(H,32,37)(H,33,36)(H,39,40)/b10-7+. The zero-order valence-electron chi connectivity index (χ0n) is 23.8. The first kappa shape index (κ1) is 30.7. The van der Waals surface area contributed by atoms with E-state index in [0.717, 1.165) is 22.9 Å². The van der Waals surface area contributed by atoms with E-state index in [4.69, 9.17) is 0 Å². The molecule has 1 fully saturated rings. The van der Waals surface area contributed by atoms with Gasteiger partial charge in [0, 0.05) is 24.5 Å². The molecule has 1 aliphatic heterocycles. The molecule has 10 nitrogen and oxygen atoms in total. The molecule has 1 saturated heterocycles. The van der Waals surface area contributed by atoms with E-state index in [0.29, 0.717) is 32.2 Å². The number of carboxylic acid groups (broad SMARTS) is 1. The lowest BCUT2D eigenvalue weighted by atomic mass is 10.0. The number of rotatable bonds is 12. The number of carbonyl (C=O) groups excluding carboxylic acids is 3. The molecule has 3 atom stereocenters. The quantitative estimate of drug-likeness (QED) is 0.297. The smallest absolute Gasteiger partial charge is 0.322 e. The summed E-state index contributed by atoms with van der Waals surface area (Å²) < 4.78 is 0. The summed E-state index contributed by atoms with van der Waals surface area (Å²) in [5, 5.41) is 18.2. The van der Waals surface area contributed by atoms with Gasteiger partial charge < -0.3 is 15.7 Å². The van der Waals surface area contributed by atoms with Crippen molar-refractivity contribution in [3.05, 3.63) is 47.8 Å². The summed E-state index contributed by atoms with van der Waals surface area (Å²) in [4.78, 5) is 54.0. The Kier molecular flexibility index (Phi) is 11.2. The molecule has 0 aliphatic carbocycles. The minimum absolute atomic E-state index is 0.192. The summed E-state index contributed by atoms with van der Waals surface area (Å²) in [6, 6.07) is 5.91. The summed E-state index contributed by atoms with van der Waals surface area (Å²) in [5.41, 5.74) is 4.85. The molecule has 3 rings (SSSR count). The molecule has 216 valence electrons. The number of carbonyl (C=O) groups is 4. The second-order valence-electron chi connectivity index (χ2n) is 10.6. The second-order valence-corrected chi connectivity index (χ2v) is 10.6. The number of unbranched alkanes of at least 4 members (excludes halogenated alkanes) is 1. The van der Waals surface area contributed by atoms with Crippen molar-refractivity contribution in [1.82, 2.24) is 26.1 Å². The van der Waals surface area contributed by atoms with Crippen LogP contribution < -0.4 is 16.1 Å². The van der Waals surface area contributed by atoms with Gasteiger partial charge >= 0.3 is 5.97 Å². The van der Waals surface area contributed by atoms with Gasteiger partial charge in [-0.3, -0.25) is 29.2 Å². The number of pyridine rings is 1. The number of aryl methyl sites for hydroxylation is 1. The van der Waals surface area contributed by atoms with Crippen molar-refractivity contribution >= 4 is 40.5 Å². The van der Waals surface area contributed by atoms with Crippen LogP contribution in [0.25, 0.3) is 16.8 Å². The Labute approximate surface area is 235 Å². The Hall–Kier alpha value is -3.79. The van der Waals surface area contributed by atoms with Crippen molar-refractivity contribution in [2.45, 2.75) is 84.3 Å². The van der Waals surface area contributed by atoms with E-state index in [2.05, 4.69) is 52.2 Å². The molecule has 2 aromatic rings. The normalized spacial score (nSPS) is 17.1. The van der Waals surface area contributed by atoms with Gasteiger partial charge in [0.1, 0.15) is 18.1 Å². The molecule has 10 heteroatoms. The van der Waals surface area contributed by atoms with Crippen LogP contribution in [0.2, 0.25) is 0 Å². The van der Waals surface area contributed by atoms with E-state index in [9.17, 15) is 24.3 Å². The molecule has 1 aromatic heterocycles. The van der Waals surface area contributed by atoms with Crippen molar-refractivity contribution in [2.75, 3.05) is 6.54 Å². The molecule has 4 N–H and O–H groups in total. The lowest BCUT2D eigenvalue weighted by Gasteiger charge is -2.34. The molecule has 0 radical (unpaired) electrons. The fourth-order valence-electron chi connectivity index (χ4n) is 4.61. The summed E-state index contributed by atoms with van der Waals surface area (Å²) in [6.45, 7) is 7.68. The van der Waals surface area contributed by atoms with Gasteiger partial charge in [-0.25, -0.2) is 5.43 Å². The second kappa shape index (κ2) is 14.6. The molecule has 0 spiro atoms. The number of benzene rings is 1. The molecule has 1 aliphatic rings. The van der Waals surface area contributed by atoms with E-state index in [1.165, 1.54) is 10.6 Å². The number of hydrogen-bond acceptors (Lipinski definition) is 6. The van der Waals surface area contributed by atoms with Gasteiger partial charge in [0.05, 0.1) is 5.69 Å². The Balaban J connectivity index is 1.46. The molecule has 0 saturated carbocycles. The van der Waals surface area contributed by atoms with Crippen molar-refractivity contribution in [1.29, 1.82) is 0 Å². The third-order valence-electron chi connectivity index (χ3n) is 7.02. The van der Waals surface area contributed by atoms with Crippen molar-refractivity contribution in [3.63, 3.8) is 0 Å². The van der Waals surface area contributed by atoms with Crippen LogP contribution in [0.15, 0.2) is 36.5 Å². The van der Waals surface area contributed by atoms with Crippen molar-refractivity contribution in [3.8, 4) is 0 Å². The zero-order chi connectivity index (χ0) is 29.2. The van der Waals surface area contributed by atoms with Gasteiger partial charge in [-0.05, 0) is 68.0 Å². The molecule has 2 heterocycles. The molecule has 1 aromatic carbocycles. The first-order valence-corrected chi connectivity index (χ1v) is 14.0. The molecular formula is C30H41N5O5. The minimum atomic E-state index is -1.02. The summed E-state index contributed by atoms with van der Waals surface area (Å²) >= 11 is 0. The van der Waals surface area contributed by atoms with Crippen molar-refractivity contribution in [2.24, 2.45) is 5.92 Å². The highest BCUT2D eigenvalue weighted by molar-refractivity contribution is 5.92. The number of nitrogens with zero attached hydrogens (tertiary/aromatic N) is 2. The molecular weight excluding hydrogens is 510 g/mol. The van der Waals surface area contributed by atoms with E-state index >= 15 is 0 Å². The van der Waals surface area contributed by atoms with Gasteiger partial charge in [-0.15, -0.1) is 0 Å². The number of fused-ring (bicyclic) bond motifs is 1. The van der Waals surface area contributed by atoms with E-state index in [1.807, 2.05) is 32.2 Å². The van der Waals surface area contributed by atoms with Crippen LogP contribution in [0, 0.1) is 5.92 Å². The number of aromatic nitrogens is 1. The first-order valence-electron chi connectivity index (χ1n) is 14.0. The number of aliphatic carboxylic acids is 1. The predicted molar refractivity (Wildman–Crippen MR) is 154 cm³/mol. The zero-order valence-corrected chi connectivity index (χ0v) is 23.8. The Morgan fingerprint density at radius 2 is 1.93 bits per heavy atom. The fourth-order valence-corrected chi connectivity index (χ4v) is 4.61. The summed E-state index contributed by atoms with van der Waals surface area (Å²) in [7, 11) is 0. The summed E-state index contributed by atoms with van der Waals surface area (Å²) in [6.07, 6.45) is 9.33. The predicted octanol–water partition coefficient (Wildman–Crippen LogP) is 3.21. The lowest BCUT2D eigenvalue weighted by Crippen LogP contribution is -2.60. The highest BCUT2D eigenvalue weighted by atomic mass is 16.4. The highest BCUT2D eigenvalue weighted by Crippen LogP contribution is 2.18. The van der Waals surface area contributed by atoms with Crippen LogP contribution in [0.1, 0.15) is 71.1 Å². The van der Waals surface area contributed by atoms with Crippen LogP contribution in [0.5, 0.6) is 0 Å². The van der Waals surface area contributed by atoms with Gasteiger partial charge in [0.2, 0.25) is 11.8 Å². The van der Waals surface area contributed by atoms with Gasteiger partial charge in [0.25, 0.3) is 5.91 Å². The molecule has 3 amide bonds. The maximum atomic E-state index is 12.9. The highest BCUT2D eigenvalue weighted by Gasteiger charge is 2.32. The lowest BCUT2D eigenvalue weighted by molar-refractivity contribution is -0.148. The van der Waals surface area contributed by atoms with Crippen LogP contribution >= 0.6 is 0 Å². The summed E-state index contributed by atoms with van der Waals surface area (Å²) in [5.74, 6) is -2.33. The number of carboxylic acids is 1. The number of hydrazine groups is 1. The van der Waals surface area contributed by atoms with Gasteiger partial charge in [0.15, 0.2) is 0 Å². The van der Waals surface area contributed by atoms with Crippen LogP contribution in [0.3, 0.4) is 0 Å². The number of amides is 3. The SMILES string of the molecule is CCc1ccc2cnc(/C=C/CCCC(=O)NC(C(=O)NC(C)C(=O)N3CCCC(C(=O)O)N3)C(C)C)cc2c1. The van der Waals surface area contributed by atoms with Crippen LogP contribution in [0.4, 0.5) is 0 Å². The molecule has 0 bridgehead atoms. The average Bonchev–Trinajstić information content (AvgIpc) is 2.94. The Bertz CT molecular complexity index is 1240. The van der Waals surface area contributed by atoms with E-state index in [-0.39, 0.29) is 18.2 Å². The third-order valence-corrected chi connectivity index (χ3v) is 7.02. The van der Waals surface area contributed by atoms with Crippen molar-refractivity contribution < 1.29 is 24.3 Å². The van der Waals surface area contributed by atoms with Crippen LogP contribution in [-0.2, 0) is 25.6 Å². The van der Waals surface area contributed by atoms with E-state index < -0.39 is 35.9 Å². The third kappa shape index (κ3) is 8.61. The van der Waals surface area contributed by atoms with Gasteiger partial charge in [-0.2, -0.15) is 0 Å². The number of hydrogen-bond donors (Lipinski definition) is 4. The Morgan fingerprint density at radius 1 is 1.15 bits per heavy atom. The molecule has 40 heavy (non-hydrogen) atoms. The number of nitrogens with one attached hydrogen (secondary N) is 3. The largest absolute Gasteiger partial charge is 0.480 e. The minimum Gasteiger partial charge on any atom is -0.480 e. The first-order chi connectivity index (χ1) is 19.1. The van der Waals surface area contributed by atoms with Crippen LogP contribution in [-0.4, -0.2) is 63.5 Å². The Morgan fingerprint density at radius 3 is 2.62 bits per heavy atom. The fraction of sp³-hybridized carbons (Fsp3) is 0.500. The van der Waals surface area contributed by atoms with Gasteiger partial charge in [-0.1, -0.05) is 45.0 Å². The monoisotopic (exact) mass is 551 g/mol. The molecule has 3 unspecified atom stereocenters. The topological polar surface area (TPSA) is 141 Å². The maximum absolute atomic E-state index is 12.9. The average molecular weight is 552 g/mol. The number of allylic oxidation sites excluding steroid dienone is 1. The maximum Gasteiger partial charge on any atom is 0.322 e. The van der Waals surface area contributed by atoms with E-state index in [1.54, 1.807) is 6.92 Å².